The van der Waals surface area contributed by atoms with Gasteiger partial charge in [0, 0.05) is 25.7 Å². The zero-order valence-corrected chi connectivity index (χ0v) is 8.95. The van der Waals surface area contributed by atoms with E-state index in [1.54, 1.807) is 6.26 Å². The van der Waals surface area contributed by atoms with Crippen molar-refractivity contribution in [1.29, 1.82) is 0 Å². The lowest BCUT2D eigenvalue weighted by Gasteiger charge is -2.17. The summed E-state index contributed by atoms with van der Waals surface area (Å²) in [6, 6.07) is 1.95. The van der Waals surface area contributed by atoms with Crippen molar-refractivity contribution in [3.8, 4) is 0 Å². The molecule has 1 heterocycles. The summed E-state index contributed by atoms with van der Waals surface area (Å²) in [6.45, 7) is 5.35. The van der Waals surface area contributed by atoms with Crippen molar-refractivity contribution in [2.45, 2.75) is 20.4 Å². The lowest BCUT2D eigenvalue weighted by Crippen LogP contribution is -2.33. The largest absolute Gasteiger partial charge is 0.469 e. The van der Waals surface area contributed by atoms with Crippen molar-refractivity contribution in [2.75, 3.05) is 13.6 Å². The fraction of sp³-hybridized carbons (Fsp3) is 0.500. The van der Waals surface area contributed by atoms with E-state index in [4.69, 9.17) is 10.2 Å². The lowest BCUT2D eigenvalue weighted by molar-refractivity contribution is 0.475. The number of aryl methyl sites for hydroxylation is 1. The van der Waals surface area contributed by atoms with Crippen molar-refractivity contribution < 1.29 is 4.42 Å². The SMILES string of the molecule is CCN=C(N)N(C)Cc1ccoc1C. The number of guanidine groups is 1. The van der Waals surface area contributed by atoms with E-state index in [2.05, 4.69) is 4.99 Å². The summed E-state index contributed by atoms with van der Waals surface area (Å²) in [6.07, 6.45) is 1.69. The van der Waals surface area contributed by atoms with Gasteiger partial charge in [0.05, 0.1) is 6.26 Å². The number of nitrogens with two attached hydrogens (primary N) is 1. The number of furan rings is 1. The van der Waals surface area contributed by atoms with Crippen LogP contribution in [0.2, 0.25) is 0 Å². The fourth-order valence-corrected chi connectivity index (χ4v) is 1.19. The third kappa shape index (κ3) is 2.52. The average molecular weight is 195 g/mol. The molecule has 0 fully saturated rings. The molecule has 2 N–H and O–H groups in total. The number of hydrogen-bond acceptors (Lipinski definition) is 2. The fourth-order valence-electron chi connectivity index (χ4n) is 1.19. The molecule has 0 aliphatic rings. The Morgan fingerprint density at radius 2 is 2.36 bits per heavy atom. The third-order valence-corrected chi connectivity index (χ3v) is 2.08. The predicted octanol–water partition coefficient (Wildman–Crippen LogP) is 1.35. The molecule has 14 heavy (non-hydrogen) atoms. The van der Waals surface area contributed by atoms with Crippen LogP contribution in [0.15, 0.2) is 21.7 Å². The van der Waals surface area contributed by atoms with Gasteiger partial charge < -0.3 is 15.1 Å². The zero-order chi connectivity index (χ0) is 10.6. The second-order valence-electron chi connectivity index (χ2n) is 3.19. The molecule has 0 aliphatic carbocycles. The van der Waals surface area contributed by atoms with Crippen molar-refractivity contribution in [2.24, 2.45) is 10.7 Å². The molecule has 0 saturated heterocycles. The Hall–Kier alpha value is -1.45. The van der Waals surface area contributed by atoms with E-state index < -0.39 is 0 Å². The van der Waals surface area contributed by atoms with Crippen LogP contribution < -0.4 is 5.73 Å². The number of nitrogens with zero attached hydrogens (tertiary/aromatic N) is 2. The van der Waals surface area contributed by atoms with Gasteiger partial charge in [-0.15, -0.1) is 0 Å². The van der Waals surface area contributed by atoms with E-state index in [-0.39, 0.29) is 0 Å². The zero-order valence-electron chi connectivity index (χ0n) is 8.95. The van der Waals surface area contributed by atoms with Crippen LogP contribution in [-0.2, 0) is 6.54 Å². The highest BCUT2D eigenvalue weighted by molar-refractivity contribution is 5.77. The van der Waals surface area contributed by atoms with Crippen LogP contribution in [0, 0.1) is 6.92 Å². The Labute approximate surface area is 84.4 Å². The van der Waals surface area contributed by atoms with Crippen molar-refractivity contribution in [3.63, 3.8) is 0 Å². The maximum Gasteiger partial charge on any atom is 0.191 e. The van der Waals surface area contributed by atoms with Gasteiger partial charge in [0.15, 0.2) is 5.96 Å². The average Bonchev–Trinajstić information content (AvgIpc) is 2.52. The van der Waals surface area contributed by atoms with Crippen LogP contribution in [0.25, 0.3) is 0 Å². The molecule has 0 amide bonds. The maximum absolute atomic E-state index is 5.74. The van der Waals surface area contributed by atoms with E-state index in [0.29, 0.717) is 12.5 Å². The van der Waals surface area contributed by atoms with Crippen LogP contribution in [-0.4, -0.2) is 24.5 Å². The monoisotopic (exact) mass is 195 g/mol. The smallest absolute Gasteiger partial charge is 0.191 e. The number of hydrogen-bond donors (Lipinski definition) is 1. The van der Waals surface area contributed by atoms with Gasteiger partial charge in [-0.2, -0.15) is 0 Å². The van der Waals surface area contributed by atoms with Crippen LogP contribution in [0.3, 0.4) is 0 Å². The molecule has 0 aromatic carbocycles. The molecule has 0 atom stereocenters. The summed E-state index contributed by atoms with van der Waals surface area (Å²) in [7, 11) is 1.92. The molecule has 0 bridgehead atoms. The first-order valence-corrected chi connectivity index (χ1v) is 4.69. The normalized spacial score (nSPS) is 11.8. The summed E-state index contributed by atoms with van der Waals surface area (Å²) in [5, 5.41) is 0. The summed E-state index contributed by atoms with van der Waals surface area (Å²) in [5.74, 6) is 1.49. The van der Waals surface area contributed by atoms with Gasteiger partial charge in [0.1, 0.15) is 5.76 Å². The lowest BCUT2D eigenvalue weighted by atomic mass is 10.2. The first-order valence-electron chi connectivity index (χ1n) is 4.69. The Kier molecular flexibility index (Phi) is 3.56. The van der Waals surface area contributed by atoms with Gasteiger partial charge in [-0.1, -0.05) is 0 Å². The number of rotatable bonds is 3. The topological polar surface area (TPSA) is 54.8 Å². The highest BCUT2D eigenvalue weighted by Gasteiger charge is 2.06. The standard InChI is InChI=1S/C10H17N3O/c1-4-12-10(11)13(3)7-9-5-6-14-8(9)2/h5-6H,4,7H2,1-3H3,(H2,11,12). The van der Waals surface area contributed by atoms with Crippen molar-refractivity contribution >= 4 is 5.96 Å². The molecule has 1 aromatic heterocycles. The van der Waals surface area contributed by atoms with Crippen LogP contribution in [0.5, 0.6) is 0 Å². The molecule has 78 valence electrons. The second kappa shape index (κ2) is 4.69. The highest BCUT2D eigenvalue weighted by Crippen LogP contribution is 2.10. The summed E-state index contributed by atoms with van der Waals surface area (Å²) >= 11 is 0. The van der Waals surface area contributed by atoms with E-state index in [9.17, 15) is 0 Å². The Morgan fingerprint density at radius 3 is 2.86 bits per heavy atom. The molecule has 0 radical (unpaired) electrons. The van der Waals surface area contributed by atoms with Crippen LogP contribution in [0.4, 0.5) is 0 Å². The van der Waals surface area contributed by atoms with Gasteiger partial charge >= 0.3 is 0 Å². The van der Waals surface area contributed by atoms with Gasteiger partial charge in [-0.05, 0) is 19.9 Å². The Balaban J connectivity index is 2.61. The molecule has 4 nitrogen and oxygen atoms in total. The minimum absolute atomic E-state index is 0.563. The quantitative estimate of drug-likeness (QED) is 0.585. The van der Waals surface area contributed by atoms with Gasteiger partial charge in [0.2, 0.25) is 0 Å². The highest BCUT2D eigenvalue weighted by atomic mass is 16.3. The van der Waals surface area contributed by atoms with E-state index in [1.165, 1.54) is 0 Å². The molecule has 4 heteroatoms. The molecule has 0 spiro atoms. The second-order valence-corrected chi connectivity index (χ2v) is 3.19. The van der Waals surface area contributed by atoms with Gasteiger partial charge in [0.25, 0.3) is 0 Å². The summed E-state index contributed by atoms with van der Waals surface area (Å²) < 4.78 is 5.20. The molecule has 0 unspecified atom stereocenters. The molecular formula is C10H17N3O. The first-order chi connectivity index (χ1) is 6.65. The molecule has 0 saturated carbocycles. The third-order valence-electron chi connectivity index (χ3n) is 2.08. The van der Waals surface area contributed by atoms with Crippen LogP contribution >= 0.6 is 0 Å². The summed E-state index contributed by atoms with van der Waals surface area (Å²) in [5.41, 5.74) is 6.88. The minimum atomic E-state index is 0.563. The van der Waals surface area contributed by atoms with Crippen LogP contribution in [0.1, 0.15) is 18.2 Å². The molecule has 1 aromatic rings. The van der Waals surface area contributed by atoms with Crippen molar-refractivity contribution in [3.05, 3.63) is 23.7 Å². The molecule has 1 rings (SSSR count). The van der Waals surface area contributed by atoms with E-state index in [1.807, 2.05) is 31.9 Å². The maximum atomic E-state index is 5.74. The van der Waals surface area contributed by atoms with Gasteiger partial charge in [-0.3, -0.25) is 4.99 Å². The molecular weight excluding hydrogens is 178 g/mol. The van der Waals surface area contributed by atoms with Gasteiger partial charge in [-0.25, -0.2) is 0 Å². The van der Waals surface area contributed by atoms with E-state index >= 15 is 0 Å². The number of aliphatic imine (C=N–C) groups is 1. The first kappa shape index (κ1) is 10.6. The minimum Gasteiger partial charge on any atom is -0.469 e. The Bertz CT molecular complexity index is 317. The predicted molar refractivity (Wildman–Crippen MR) is 57.1 cm³/mol. The molecule has 0 aliphatic heterocycles. The van der Waals surface area contributed by atoms with E-state index in [0.717, 1.165) is 17.9 Å². The van der Waals surface area contributed by atoms with Crippen molar-refractivity contribution in [1.82, 2.24) is 4.90 Å². The Morgan fingerprint density at radius 1 is 1.64 bits per heavy atom. The summed E-state index contributed by atoms with van der Waals surface area (Å²) in [4.78, 5) is 6.03.